The fraction of sp³-hybridized carbons (Fsp3) is 0.571. The molecule has 0 aliphatic carbocycles. The average molecular weight is 402 g/mol. The zero-order valence-corrected chi connectivity index (χ0v) is 17.4. The Morgan fingerprint density at radius 3 is 2.34 bits per heavy atom. The van der Waals surface area contributed by atoms with Gasteiger partial charge in [0.2, 0.25) is 5.91 Å². The van der Waals surface area contributed by atoms with Crippen LogP contribution in [0, 0.1) is 0 Å². The van der Waals surface area contributed by atoms with Crippen LogP contribution in [0.2, 0.25) is 0 Å². The Balaban J connectivity index is 1.58. The number of aromatic nitrogens is 2. The van der Waals surface area contributed by atoms with Crippen molar-refractivity contribution in [2.75, 3.05) is 45.8 Å². The van der Waals surface area contributed by atoms with Crippen molar-refractivity contribution in [1.82, 2.24) is 24.3 Å². The highest BCUT2D eigenvalue weighted by atomic mass is 16.2. The molecule has 8 nitrogen and oxygen atoms in total. The number of carbonyl (C=O) groups excluding carboxylic acids is 1. The SMILES string of the molecule is CCN1CCN(CCCNC(=O)Cn2c(=O)n(CC)c(=O)c3ccccc32)CC1. The van der Waals surface area contributed by atoms with Gasteiger partial charge >= 0.3 is 5.69 Å². The molecule has 0 bridgehead atoms. The Bertz CT molecular complexity index is 957. The maximum Gasteiger partial charge on any atom is 0.331 e. The molecule has 1 saturated heterocycles. The summed E-state index contributed by atoms with van der Waals surface area (Å²) in [5.41, 5.74) is -0.260. The van der Waals surface area contributed by atoms with Crippen LogP contribution in [0.15, 0.2) is 33.9 Å². The van der Waals surface area contributed by atoms with Crippen molar-refractivity contribution in [2.24, 2.45) is 0 Å². The van der Waals surface area contributed by atoms with Crippen LogP contribution in [0.5, 0.6) is 0 Å². The van der Waals surface area contributed by atoms with Crippen LogP contribution >= 0.6 is 0 Å². The first-order valence-corrected chi connectivity index (χ1v) is 10.5. The maximum absolute atomic E-state index is 12.7. The lowest BCUT2D eigenvalue weighted by molar-refractivity contribution is -0.121. The summed E-state index contributed by atoms with van der Waals surface area (Å²) in [6, 6.07) is 6.93. The Morgan fingerprint density at radius 2 is 1.66 bits per heavy atom. The van der Waals surface area contributed by atoms with Gasteiger partial charge in [-0.2, -0.15) is 0 Å². The van der Waals surface area contributed by atoms with Gasteiger partial charge in [-0.3, -0.25) is 18.7 Å². The summed E-state index contributed by atoms with van der Waals surface area (Å²) in [5.74, 6) is -0.214. The summed E-state index contributed by atoms with van der Waals surface area (Å²) in [4.78, 5) is 42.5. The first kappa shape index (κ1) is 21.3. The van der Waals surface area contributed by atoms with Gasteiger partial charge in [0.25, 0.3) is 5.56 Å². The molecule has 1 aliphatic heterocycles. The molecule has 8 heteroatoms. The normalized spacial score (nSPS) is 15.7. The summed E-state index contributed by atoms with van der Waals surface area (Å²) in [6.45, 7) is 11.1. The van der Waals surface area contributed by atoms with Crippen molar-refractivity contribution in [2.45, 2.75) is 33.4 Å². The van der Waals surface area contributed by atoms with E-state index in [2.05, 4.69) is 22.0 Å². The van der Waals surface area contributed by atoms with Crippen molar-refractivity contribution in [1.29, 1.82) is 0 Å². The van der Waals surface area contributed by atoms with E-state index in [4.69, 9.17) is 0 Å². The quantitative estimate of drug-likeness (QED) is 0.645. The Hall–Kier alpha value is -2.45. The molecule has 3 rings (SSSR count). The Morgan fingerprint density at radius 1 is 0.966 bits per heavy atom. The van der Waals surface area contributed by atoms with Crippen molar-refractivity contribution in [3.63, 3.8) is 0 Å². The highest BCUT2D eigenvalue weighted by Gasteiger charge is 2.16. The molecule has 0 radical (unpaired) electrons. The van der Waals surface area contributed by atoms with Crippen molar-refractivity contribution < 1.29 is 4.79 Å². The predicted octanol–water partition coefficient (Wildman–Crippen LogP) is 0.327. The molecule has 1 amide bonds. The van der Waals surface area contributed by atoms with Gasteiger partial charge in [0, 0.05) is 39.3 Å². The highest BCUT2D eigenvalue weighted by molar-refractivity contribution is 5.81. The second kappa shape index (κ2) is 9.84. The van der Waals surface area contributed by atoms with Crippen molar-refractivity contribution >= 4 is 16.8 Å². The van der Waals surface area contributed by atoms with E-state index in [9.17, 15) is 14.4 Å². The number of nitrogens with zero attached hydrogens (tertiary/aromatic N) is 4. The molecule has 2 aromatic rings. The van der Waals surface area contributed by atoms with E-state index in [1.165, 1.54) is 9.13 Å². The van der Waals surface area contributed by atoms with E-state index in [0.29, 0.717) is 17.4 Å². The van der Waals surface area contributed by atoms with E-state index in [1.807, 2.05) is 0 Å². The lowest BCUT2D eigenvalue weighted by Crippen LogP contribution is -2.46. The number of hydrogen-bond acceptors (Lipinski definition) is 5. The summed E-state index contributed by atoms with van der Waals surface area (Å²) in [7, 11) is 0. The minimum Gasteiger partial charge on any atom is -0.354 e. The second-order valence-electron chi connectivity index (χ2n) is 7.41. The average Bonchev–Trinajstić information content (AvgIpc) is 2.75. The first-order valence-electron chi connectivity index (χ1n) is 10.5. The monoisotopic (exact) mass is 401 g/mol. The molecule has 158 valence electrons. The Labute approximate surface area is 170 Å². The number of hydrogen-bond donors (Lipinski definition) is 1. The van der Waals surface area contributed by atoms with E-state index in [-0.39, 0.29) is 24.6 Å². The molecule has 29 heavy (non-hydrogen) atoms. The van der Waals surface area contributed by atoms with Crippen LogP contribution in [-0.2, 0) is 17.9 Å². The van der Waals surface area contributed by atoms with Crippen LogP contribution in [0.1, 0.15) is 20.3 Å². The molecule has 1 aromatic carbocycles. The molecule has 0 spiro atoms. The number of nitrogens with one attached hydrogen (secondary N) is 1. The summed E-state index contributed by atoms with van der Waals surface area (Å²) < 4.78 is 2.56. The van der Waals surface area contributed by atoms with Gasteiger partial charge in [0.1, 0.15) is 6.54 Å². The van der Waals surface area contributed by atoms with Crippen molar-refractivity contribution in [3.05, 3.63) is 45.1 Å². The molecule has 1 aromatic heterocycles. The predicted molar refractivity (Wildman–Crippen MR) is 114 cm³/mol. The largest absolute Gasteiger partial charge is 0.354 e. The molecular weight excluding hydrogens is 370 g/mol. The zero-order chi connectivity index (χ0) is 20.8. The fourth-order valence-corrected chi connectivity index (χ4v) is 3.86. The number of likely N-dealkylation sites (N-methyl/N-ethyl adjacent to an activating group) is 1. The van der Waals surface area contributed by atoms with Crippen molar-refractivity contribution in [3.8, 4) is 0 Å². The Kier molecular flexibility index (Phi) is 7.22. The summed E-state index contributed by atoms with van der Waals surface area (Å²) >= 11 is 0. The van der Waals surface area contributed by atoms with Gasteiger partial charge in [0.05, 0.1) is 10.9 Å². The number of rotatable bonds is 8. The number of para-hydroxylation sites is 1. The van der Waals surface area contributed by atoms with Gasteiger partial charge in [-0.25, -0.2) is 4.79 Å². The molecule has 0 unspecified atom stereocenters. The fourth-order valence-electron chi connectivity index (χ4n) is 3.86. The van der Waals surface area contributed by atoms with Gasteiger partial charge < -0.3 is 15.1 Å². The van der Waals surface area contributed by atoms with Crippen LogP contribution < -0.4 is 16.6 Å². The zero-order valence-electron chi connectivity index (χ0n) is 17.4. The molecule has 0 atom stereocenters. The molecule has 2 heterocycles. The smallest absolute Gasteiger partial charge is 0.331 e. The molecule has 1 aliphatic rings. The standard InChI is InChI=1S/C21H31N5O3/c1-3-23-12-14-24(15-13-23)11-7-10-22-19(27)16-26-18-9-6-5-8-17(18)20(28)25(4-2)21(26)29/h5-6,8-9H,3-4,7,10-16H2,1-2H3,(H,22,27). The van der Waals surface area contributed by atoms with Crippen LogP contribution in [0.4, 0.5) is 0 Å². The lowest BCUT2D eigenvalue weighted by atomic mass is 10.2. The van der Waals surface area contributed by atoms with E-state index >= 15 is 0 Å². The first-order chi connectivity index (χ1) is 14.0. The topological polar surface area (TPSA) is 79.6 Å². The molecule has 1 N–H and O–H groups in total. The van der Waals surface area contributed by atoms with Crippen LogP contribution in [-0.4, -0.2) is 70.7 Å². The summed E-state index contributed by atoms with van der Waals surface area (Å²) in [6.07, 6.45) is 0.877. The van der Waals surface area contributed by atoms with Crippen LogP contribution in [0.25, 0.3) is 10.9 Å². The second-order valence-corrected chi connectivity index (χ2v) is 7.41. The van der Waals surface area contributed by atoms with Crippen LogP contribution in [0.3, 0.4) is 0 Å². The number of fused-ring (bicyclic) bond motifs is 1. The maximum atomic E-state index is 12.7. The molecule has 1 fully saturated rings. The molecular formula is C21H31N5O3. The third-order valence-electron chi connectivity index (χ3n) is 5.64. The van der Waals surface area contributed by atoms with Gasteiger partial charge in [0.15, 0.2) is 0 Å². The lowest BCUT2D eigenvalue weighted by Gasteiger charge is -2.33. The molecule has 0 saturated carbocycles. The number of piperazine rings is 1. The van der Waals surface area contributed by atoms with E-state index in [0.717, 1.165) is 45.7 Å². The minimum atomic E-state index is -0.444. The van der Waals surface area contributed by atoms with Gasteiger partial charge in [-0.1, -0.05) is 19.1 Å². The number of benzene rings is 1. The van der Waals surface area contributed by atoms with E-state index in [1.54, 1.807) is 31.2 Å². The summed E-state index contributed by atoms with van der Waals surface area (Å²) in [5, 5.41) is 3.36. The third kappa shape index (κ3) is 4.94. The minimum absolute atomic E-state index is 0.0885. The van der Waals surface area contributed by atoms with Gasteiger partial charge in [-0.05, 0) is 38.6 Å². The van der Waals surface area contributed by atoms with E-state index < -0.39 is 5.69 Å². The number of carbonyl (C=O) groups is 1. The highest BCUT2D eigenvalue weighted by Crippen LogP contribution is 2.07. The van der Waals surface area contributed by atoms with Gasteiger partial charge in [-0.15, -0.1) is 0 Å². The number of amides is 1. The third-order valence-corrected chi connectivity index (χ3v) is 5.64.